The van der Waals surface area contributed by atoms with Gasteiger partial charge in [0.2, 0.25) is 11.8 Å². The molecule has 0 saturated carbocycles. The van der Waals surface area contributed by atoms with Gasteiger partial charge in [0.15, 0.2) is 0 Å². The molecule has 0 heterocycles. The average molecular weight is 449 g/mol. The van der Waals surface area contributed by atoms with Crippen molar-refractivity contribution < 1.29 is 9.59 Å². The van der Waals surface area contributed by atoms with E-state index in [0.717, 1.165) is 17.5 Å². The molecule has 2 rings (SSSR count). The van der Waals surface area contributed by atoms with Crippen molar-refractivity contribution in [3.63, 3.8) is 0 Å². The van der Waals surface area contributed by atoms with Crippen LogP contribution in [0.4, 0.5) is 0 Å². The van der Waals surface area contributed by atoms with Gasteiger partial charge in [-0.05, 0) is 49.9 Å². The summed E-state index contributed by atoms with van der Waals surface area (Å²) in [7, 11) is 0. The average Bonchev–Trinajstić information content (AvgIpc) is 2.70. The van der Waals surface area contributed by atoms with Crippen molar-refractivity contribution in [2.24, 2.45) is 0 Å². The molecule has 1 N–H and O–H groups in total. The van der Waals surface area contributed by atoms with Crippen molar-refractivity contribution in [3.05, 3.63) is 69.2 Å². The summed E-state index contributed by atoms with van der Waals surface area (Å²) in [6.07, 6.45) is 1.37. The van der Waals surface area contributed by atoms with Gasteiger partial charge in [0, 0.05) is 22.6 Å². The summed E-state index contributed by atoms with van der Waals surface area (Å²) >= 11 is 12.6. The fourth-order valence-electron chi connectivity index (χ4n) is 3.32. The van der Waals surface area contributed by atoms with Gasteiger partial charge in [-0.15, -0.1) is 0 Å². The molecule has 2 aromatic rings. The number of nitrogens with zero attached hydrogens (tertiary/aromatic N) is 1. The van der Waals surface area contributed by atoms with Crippen molar-refractivity contribution in [3.8, 4) is 0 Å². The number of amides is 2. The lowest BCUT2D eigenvalue weighted by Gasteiger charge is -2.32. The van der Waals surface area contributed by atoms with Crippen LogP contribution in [0, 0.1) is 6.92 Å². The third-order valence-electron chi connectivity index (χ3n) is 5.21. The van der Waals surface area contributed by atoms with Gasteiger partial charge in [-0.2, -0.15) is 0 Å². The molecule has 2 atom stereocenters. The summed E-state index contributed by atoms with van der Waals surface area (Å²) in [6.45, 7) is 8.24. The molecule has 0 radical (unpaired) electrons. The lowest BCUT2D eigenvalue weighted by molar-refractivity contribution is -0.141. The summed E-state index contributed by atoms with van der Waals surface area (Å²) in [5.41, 5.74) is 2.66. The fraction of sp³-hybridized carbons (Fsp3) is 0.417. The Morgan fingerprint density at radius 1 is 1.03 bits per heavy atom. The lowest BCUT2D eigenvalue weighted by Crippen LogP contribution is -2.51. The highest BCUT2D eigenvalue weighted by Crippen LogP contribution is 2.26. The first-order valence-electron chi connectivity index (χ1n) is 10.3. The number of hydrogen-bond acceptors (Lipinski definition) is 2. The maximum Gasteiger partial charge on any atom is 0.243 e. The number of benzene rings is 2. The molecule has 0 aromatic heterocycles. The zero-order valence-electron chi connectivity index (χ0n) is 18.0. The van der Waals surface area contributed by atoms with Gasteiger partial charge in [-0.25, -0.2) is 0 Å². The summed E-state index contributed by atoms with van der Waals surface area (Å²) in [5.74, 6) is -0.323. The minimum absolute atomic E-state index is 0.0391. The van der Waals surface area contributed by atoms with E-state index in [9.17, 15) is 9.59 Å². The van der Waals surface area contributed by atoms with E-state index in [0.29, 0.717) is 28.6 Å². The van der Waals surface area contributed by atoms with Gasteiger partial charge in [0.1, 0.15) is 6.04 Å². The zero-order chi connectivity index (χ0) is 22.3. The number of aryl methyl sites for hydroxylation is 1. The van der Waals surface area contributed by atoms with E-state index in [1.165, 1.54) is 0 Å². The molecule has 0 saturated heterocycles. The molecule has 0 aliphatic rings. The largest absolute Gasteiger partial charge is 0.352 e. The Labute approximate surface area is 189 Å². The predicted octanol–water partition coefficient (Wildman–Crippen LogP) is 5.57. The molecule has 0 fully saturated rings. The second kappa shape index (κ2) is 11.4. The molecular weight excluding hydrogens is 419 g/mol. The minimum atomic E-state index is -0.576. The van der Waals surface area contributed by atoms with E-state index in [1.54, 1.807) is 23.1 Å². The van der Waals surface area contributed by atoms with E-state index < -0.39 is 6.04 Å². The van der Waals surface area contributed by atoms with Gasteiger partial charge in [-0.1, -0.05) is 72.9 Å². The van der Waals surface area contributed by atoms with Crippen molar-refractivity contribution in [1.82, 2.24) is 10.2 Å². The van der Waals surface area contributed by atoms with Gasteiger partial charge in [0.05, 0.1) is 6.42 Å². The minimum Gasteiger partial charge on any atom is -0.352 e. The monoisotopic (exact) mass is 448 g/mol. The van der Waals surface area contributed by atoms with Crippen LogP contribution >= 0.6 is 23.2 Å². The van der Waals surface area contributed by atoms with Gasteiger partial charge in [0.25, 0.3) is 0 Å². The van der Waals surface area contributed by atoms with E-state index in [4.69, 9.17) is 23.2 Å². The predicted molar refractivity (Wildman–Crippen MR) is 124 cm³/mol. The topological polar surface area (TPSA) is 49.4 Å². The maximum absolute atomic E-state index is 13.4. The molecule has 6 heteroatoms. The first kappa shape index (κ1) is 24.2. The van der Waals surface area contributed by atoms with Gasteiger partial charge >= 0.3 is 0 Å². The number of hydrogen-bond donors (Lipinski definition) is 1. The van der Waals surface area contributed by atoms with Crippen LogP contribution in [0.25, 0.3) is 0 Å². The number of rotatable bonds is 9. The Morgan fingerprint density at radius 3 is 2.23 bits per heavy atom. The van der Waals surface area contributed by atoms with Crippen LogP contribution in [0.3, 0.4) is 0 Å². The molecule has 30 heavy (non-hydrogen) atoms. The van der Waals surface area contributed by atoms with Crippen LogP contribution in [-0.4, -0.2) is 28.8 Å². The molecule has 2 aromatic carbocycles. The third-order valence-corrected chi connectivity index (χ3v) is 5.92. The van der Waals surface area contributed by atoms with Gasteiger partial charge in [-0.3, -0.25) is 9.59 Å². The molecule has 2 amide bonds. The van der Waals surface area contributed by atoms with Gasteiger partial charge < -0.3 is 10.2 Å². The Balaban J connectivity index is 2.35. The first-order valence-corrected chi connectivity index (χ1v) is 11.1. The molecule has 0 bridgehead atoms. The molecule has 0 aliphatic carbocycles. The van der Waals surface area contributed by atoms with Crippen molar-refractivity contribution in [2.45, 2.75) is 65.6 Å². The quantitative estimate of drug-likeness (QED) is 0.545. The number of carbonyl (C=O) groups is 2. The Bertz CT molecular complexity index is 865. The highest BCUT2D eigenvalue weighted by Gasteiger charge is 2.30. The Morgan fingerprint density at radius 2 is 1.67 bits per heavy atom. The number of nitrogens with one attached hydrogen (secondary N) is 1. The SMILES string of the molecule is CC[C@@H](C)NC(=O)[C@H](CC)N(Cc1cccc(C)c1)C(=O)Cc1c(Cl)cccc1Cl. The molecule has 4 nitrogen and oxygen atoms in total. The van der Waals surface area contributed by atoms with Crippen LogP contribution in [0.1, 0.15) is 50.3 Å². The maximum atomic E-state index is 13.4. The first-order chi connectivity index (χ1) is 14.3. The highest BCUT2D eigenvalue weighted by molar-refractivity contribution is 6.36. The third kappa shape index (κ3) is 6.48. The van der Waals surface area contributed by atoms with E-state index in [2.05, 4.69) is 5.32 Å². The summed E-state index contributed by atoms with van der Waals surface area (Å²) < 4.78 is 0. The smallest absolute Gasteiger partial charge is 0.243 e. The second-order valence-electron chi connectivity index (χ2n) is 7.63. The number of carbonyl (C=O) groups excluding carboxylic acids is 2. The molecular formula is C24H30Cl2N2O2. The highest BCUT2D eigenvalue weighted by atomic mass is 35.5. The standard InChI is InChI=1S/C24H30Cl2N2O2/c1-5-17(4)27-24(30)22(6-2)28(15-18-10-7-9-16(3)13-18)23(29)14-19-20(25)11-8-12-21(19)26/h7-13,17,22H,5-6,14-15H2,1-4H3,(H,27,30)/t17-,22+/m1/s1. The van der Waals surface area contributed by atoms with Crippen LogP contribution in [0.2, 0.25) is 10.0 Å². The van der Waals surface area contributed by atoms with Crippen molar-refractivity contribution in [1.29, 1.82) is 0 Å². The molecule has 162 valence electrons. The van der Waals surface area contributed by atoms with E-state index in [1.807, 2.05) is 52.0 Å². The summed E-state index contributed by atoms with van der Waals surface area (Å²) in [6, 6.07) is 12.6. The van der Waals surface area contributed by atoms with Crippen LogP contribution in [0.15, 0.2) is 42.5 Å². The van der Waals surface area contributed by atoms with E-state index >= 15 is 0 Å². The molecule has 0 spiro atoms. The van der Waals surface area contributed by atoms with E-state index in [-0.39, 0.29) is 24.3 Å². The Hall–Kier alpha value is -2.04. The van der Waals surface area contributed by atoms with Crippen LogP contribution in [0.5, 0.6) is 0 Å². The van der Waals surface area contributed by atoms with Crippen LogP contribution < -0.4 is 5.32 Å². The van der Waals surface area contributed by atoms with Crippen molar-refractivity contribution >= 4 is 35.0 Å². The van der Waals surface area contributed by atoms with Crippen molar-refractivity contribution in [2.75, 3.05) is 0 Å². The molecule has 0 unspecified atom stereocenters. The van der Waals surface area contributed by atoms with Crippen LogP contribution in [-0.2, 0) is 22.6 Å². The lowest BCUT2D eigenvalue weighted by atomic mass is 10.0. The Kier molecular flexibility index (Phi) is 9.19. The number of halogens is 2. The normalized spacial score (nSPS) is 12.9. The fourth-order valence-corrected chi connectivity index (χ4v) is 3.85. The zero-order valence-corrected chi connectivity index (χ0v) is 19.6. The summed E-state index contributed by atoms with van der Waals surface area (Å²) in [5, 5.41) is 3.91. The molecule has 0 aliphatic heterocycles. The second-order valence-corrected chi connectivity index (χ2v) is 8.44. The summed E-state index contributed by atoms with van der Waals surface area (Å²) in [4.78, 5) is 28.0.